The van der Waals surface area contributed by atoms with E-state index in [1.165, 1.54) is 48.4 Å². The number of hydrogen-bond donors (Lipinski definition) is 1. The zero-order valence-electron chi connectivity index (χ0n) is 23.3. The summed E-state index contributed by atoms with van der Waals surface area (Å²) in [6.07, 6.45) is 1.66. The van der Waals surface area contributed by atoms with Crippen molar-refractivity contribution in [2.24, 2.45) is 0 Å². The van der Waals surface area contributed by atoms with Crippen molar-refractivity contribution in [3.8, 4) is 5.75 Å². The maximum Gasteiger partial charge on any atom is 0.264 e. The predicted octanol–water partition coefficient (Wildman–Crippen LogP) is 4.67. The lowest BCUT2D eigenvalue weighted by Crippen LogP contribution is -2.51. The Balaban J connectivity index is 2.05. The maximum absolute atomic E-state index is 14.0. The van der Waals surface area contributed by atoms with Gasteiger partial charge in [0, 0.05) is 13.1 Å². The Kier molecular flexibility index (Phi) is 10.7. The van der Waals surface area contributed by atoms with Gasteiger partial charge in [0.05, 0.1) is 17.7 Å². The summed E-state index contributed by atoms with van der Waals surface area (Å²) in [5, 5.41) is 2.84. The van der Waals surface area contributed by atoms with Crippen LogP contribution in [0.25, 0.3) is 0 Å². The molecular weight excluding hydrogens is 533 g/mol. The first-order valence-electron chi connectivity index (χ1n) is 13.1. The molecule has 3 rings (SSSR count). The van der Waals surface area contributed by atoms with Crippen molar-refractivity contribution >= 4 is 27.5 Å². The van der Waals surface area contributed by atoms with E-state index in [9.17, 15) is 22.4 Å². The summed E-state index contributed by atoms with van der Waals surface area (Å²) < 4.78 is 47.9. The molecule has 0 fully saturated rings. The first-order chi connectivity index (χ1) is 19.1. The summed E-state index contributed by atoms with van der Waals surface area (Å²) in [5.74, 6) is -1.13. The highest BCUT2D eigenvalue weighted by Crippen LogP contribution is 2.33. The summed E-state index contributed by atoms with van der Waals surface area (Å²) in [5.41, 5.74) is 1.55. The number of aryl methyl sites for hydroxylation is 1. The fourth-order valence-electron chi connectivity index (χ4n) is 4.13. The van der Waals surface area contributed by atoms with E-state index in [1.54, 1.807) is 43.3 Å². The second-order valence-electron chi connectivity index (χ2n) is 9.47. The molecule has 214 valence electrons. The van der Waals surface area contributed by atoms with Gasteiger partial charge in [-0.2, -0.15) is 0 Å². The van der Waals surface area contributed by atoms with Gasteiger partial charge in [0.2, 0.25) is 11.8 Å². The number of methoxy groups -OCH3 is 1. The monoisotopic (exact) mass is 569 g/mol. The molecule has 8 nitrogen and oxygen atoms in total. The number of rotatable bonds is 13. The molecule has 0 spiro atoms. The molecule has 3 aromatic rings. The zero-order valence-corrected chi connectivity index (χ0v) is 24.1. The average molecular weight is 570 g/mol. The van der Waals surface area contributed by atoms with E-state index in [-0.39, 0.29) is 28.8 Å². The van der Waals surface area contributed by atoms with Crippen molar-refractivity contribution < 1.29 is 27.1 Å². The SMILES string of the molecule is CCCCNC(=O)C(C)N(Cc1ccc(F)cc1)C(=O)CN(c1cc(C)ccc1OC)S(=O)(=O)c1ccccc1. The molecule has 0 aliphatic rings. The van der Waals surface area contributed by atoms with E-state index in [4.69, 9.17) is 4.74 Å². The maximum atomic E-state index is 14.0. The van der Waals surface area contributed by atoms with Crippen molar-refractivity contribution in [2.45, 2.75) is 51.1 Å². The molecule has 2 amide bonds. The van der Waals surface area contributed by atoms with E-state index < -0.39 is 34.3 Å². The van der Waals surface area contributed by atoms with Crippen molar-refractivity contribution in [1.29, 1.82) is 0 Å². The normalized spacial score (nSPS) is 11.9. The molecule has 1 unspecified atom stereocenters. The second kappa shape index (κ2) is 13.9. The number of amides is 2. The second-order valence-corrected chi connectivity index (χ2v) is 11.3. The largest absolute Gasteiger partial charge is 0.495 e. The molecule has 0 aromatic heterocycles. The van der Waals surface area contributed by atoms with Crippen LogP contribution < -0.4 is 14.4 Å². The first-order valence-corrected chi connectivity index (χ1v) is 14.6. The third-order valence-electron chi connectivity index (χ3n) is 6.48. The number of anilines is 1. The van der Waals surface area contributed by atoms with Crippen LogP contribution in [0.5, 0.6) is 5.75 Å². The number of benzene rings is 3. The van der Waals surface area contributed by atoms with Gasteiger partial charge in [-0.05, 0) is 67.8 Å². The van der Waals surface area contributed by atoms with E-state index in [2.05, 4.69) is 5.32 Å². The number of carbonyl (C=O) groups excluding carboxylic acids is 2. The van der Waals surface area contributed by atoms with Crippen molar-refractivity contribution in [3.05, 3.63) is 89.7 Å². The van der Waals surface area contributed by atoms with Crippen molar-refractivity contribution in [1.82, 2.24) is 10.2 Å². The predicted molar refractivity (Wildman–Crippen MR) is 153 cm³/mol. The third-order valence-corrected chi connectivity index (χ3v) is 8.25. The molecule has 1 N–H and O–H groups in total. The molecule has 0 radical (unpaired) electrons. The van der Waals surface area contributed by atoms with Crippen LogP contribution >= 0.6 is 0 Å². The zero-order chi connectivity index (χ0) is 29.3. The quantitative estimate of drug-likeness (QED) is 0.302. The van der Waals surface area contributed by atoms with Crippen LogP contribution in [0, 0.1) is 12.7 Å². The Morgan fingerprint density at radius 1 is 1.02 bits per heavy atom. The molecule has 0 heterocycles. The van der Waals surface area contributed by atoms with E-state index >= 15 is 0 Å². The Hall–Kier alpha value is -3.92. The molecule has 0 bridgehead atoms. The Morgan fingerprint density at radius 2 is 1.70 bits per heavy atom. The fraction of sp³-hybridized carbons (Fsp3) is 0.333. The van der Waals surface area contributed by atoms with Crippen LogP contribution in [0.2, 0.25) is 0 Å². The molecular formula is C30H36FN3O5S. The lowest BCUT2D eigenvalue weighted by Gasteiger charge is -2.32. The summed E-state index contributed by atoms with van der Waals surface area (Å²) in [6, 6.07) is 17.5. The summed E-state index contributed by atoms with van der Waals surface area (Å²) in [7, 11) is -2.79. The fourth-order valence-corrected chi connectivity index (χ4v) is 5.57. The van der Waals surface area contributed by atoms with Crippen LogP contribution in [-0.4, -0.2) is 51.4 Å². The van der Waals surface area contributed by atoms with Crippen molar-refractivity contribution in [3.63, 3.8) is 0 Å². The minimum atomic E-state index is -4.22. The Labute approximate surface area is 235 Å². The molecule has 0 saturated carbocycles. The molecule has 0 aliphatic heterocycles. The number of nitrogens with one attached hydrogen (secondary N) is 1. The standard InChI is InChI=1S/C30H36FN3O5S/c1-5-6-18-32-30(36)23(3)33(20-24-13-15-25(31)16-14-24)29(35)21-34(27-19-22(2)12-17-28(27)39-4)40(37,38)26-10-8-7-9-11-26/h7-17,19,23H,5-6,18,20-21H2,1-4H3,(H,32,36). The van der Waals surface area contributed by atoms with Crippen LogP contribution in [0.1, 0.15) is 37.8 Å². The van der Waals surface area contributed by atoms with Gasteiger partial charge in [0.25, 0.3) is 10.0 Å². The molecule has 0 aliphatic carbocycles. The topological polar surface area (TPSA) is 96.0 Å². The van der Waals surface area contributed by atoms with Gasteiger partial charge in [-0.1, -0.05) is 49.7 Å². The Morgan fingerprint density at radius 3 is 2.33 bits per heavy atom. The average Bonchev–Trinajstić information content (AvgIpc) is 2.95. The number of hydrogen-bond acceptors (Lipinski definition) is 5. The third kappa shape index (κ3) is 7.59. The summed E-state index contributed by atoms with van der Waals surface area (Å²) in [4.78, 5) is 28.3. The van der Waals surface area contributed by atoms with Gasteiger partial charge in [-0.3, -0.25) is 13.9 Å². The van der Waals surface area contributed by atoms with Gasteiger partial charge in [0.15, 0.2) is 0 Å². The number of carbonyl (C=O) groups is 2. The number of unbranched alkanes of at least 4 members (excludes halogenated alkanes) is 1. The minimum absolute atomic E-state index is 0.00167. The van der Waals surface area contributed by atoms with E-state index in [1.807, 2.05) is 13.8 Å². The van der Waals surface area contributed by atoms with Crippen LogP contribution in [-0.2, 0) is 26.2 Å². The smallest absolute Gasteiger partial charge is 0.264 e. The highest BCUT2D eigenvalue weighted by atomic mass is 32.2. The molecule has 0 saturated heterocycles. The summed E-state index contributed by atoms with van der Waals surface area (Å²) in [6.45, 7) is 5.23. The highest BCUT2D eigenvalue weighted by molar-refractivity contribution is 7.92. The molecule has 10 heteroatoms. The van der Waals surface area contributed by atoms with Crippen LogP contribution in [0.3, 0.4) is 0 Å². The summed E-state index contributed by atoms with van der Waals surface area (Å²) >= 11 is 0. The van der Waals surface area contributed by atoms with E-state index in [0.717, 1.165) is 22.7 Å². The van der Waals surface area contributed by atoms with Crippen LogP contribution in [0.4, 0.5) is 10.1 Å². The molecule has 1 atom stereocenters. The first kappa shape index (κ1) is 30.6. The number of nitrogens with zero attached hydrogens (tertiary/aromatic N) is 2. The lowest BCUT2D eigenvalue weighted by atomic mass is 10.1. The lowest BCUT2D eigenvalue weighted by molar-refractivity contribution is -0.139. The highest BCUT2D eigenvalue weighted by Gasteiger charge is 2.33. The van der Waals surface area contributed by atoms with Crippen molar-refractivity contribution in [2.75, 3.05) is 24.5 Å². The van der Waals surface area contributed by atoms with Gasteiger partial charge >= 0.3 is 0 Å². The molecule has 3 aromatic carbocycles. The van der Waals surface area contributed by atoms with Crippen LogP contribution in [0.15, 0.2) is 77.7 Å². The van der Waals surface area contributed by atoms with Gasteiger partial charge in [0.1, 0.15) is 24.2 Å². The molecule has 40 heavy (non-hydrogen) atoms. The van der Waals surface area contributed by atoms with Gasteiger partial charge in [-0.15, -0.1) is 0 Å². The number of halogens is 1. The van der Waals surface area contributed by atoms with E-state index in [0.29, 0.717) is 12.1 Å². The number of sulfonamides is 1. The number of ether oxygens (including phenoxy) is 1. The van der Waals surface area contributed by atoms with Gasteiger partial charge < -0.3 is 15.0 Å². The van der Waals surface area contributed by atoms with Gasteiger partial charge in [-0.25, -0.2) is 12.8 Å². The minimum Gasteiger partial charge on any atom is -0.495 e. The Bertz CT molecular complexity index is 1400.